The zero-order valence-electron chi connectivity index (χ0n) is 16.7. The predicted molar refractivity (Wildman–Crippen MR) is 106 cm³/mol. The Labute approximate surface area is 161 Å². The van der Waals surface area contributed by atoms with Crippen molar-refractivity contribution in [2.45, 2.75) is 39.8 Å². The van der Waals surface area contributed by atoms with Crippen molar-refractivity contribution in [1.82, 2.24) is 15.8 Å². The molecule has 2 N–H and O–H groups in total. The number of hydrogen-bond acceptors (Lipinski definition) is 5. The van der Waals surface area contributed by atoms with Crippen molar-refractivity contribution < 1.29 is 14.0 Å². The second-order valence-electron chi connectivity index (χ2n) is 6.01. The van der Waals surface area contributed by atoms with E-state index in [1.807, 2.05) is 24.3 Å². The Balaban J connectivity index is 1.89. The van der Waals surface area contributed by atoms with Gasteiger partial charge in [-0.05, 0) is 24.1 Å². The van der Waals surface area contributed by atoms with Crippen molar-refractivity contribution in [3.05, 3.63) is 46.8 Å². The SMILES string of the molecule is CCc1noc(CC)c1CNC(=NC)NCc1cccc(OCCOC)c1. The monoisotopic (exact) mass is 374 g/mol. The molecule has 7 heteroatoms. The minimum Gasteiger partial charge on any atom is -0.491 e. The summed E-state index contributed by atoms with van der Waals surface area (Å²) in [5, 5.41) is 10.8. The van der Waals surface area contributed by atoms with Crippen LogP contribution >= 0.6 is 0 Å². The van der Waals surface area contributed by atoms with Crippen LogP contribution in [0, 0.1) is 0 Å². The summed E-state index contributed by atoms with van der Waals surface area (Å²) in [6, 6.07) is 7.98. The van der Waals surface area contributed by atoms with Gasteiger partial charge in [-0.1, -0.05) is 31.1 Å². The molecule has 7 nitrogen and oxygen atoms in total. The fourth-order valence-corrected chi connectivity index (χ4v) is 2.70. The predicted octanol–water partition coefficient (Wildman–Crippen LogP) is 2.69. The van der Waals surface area contributed by atoms with Crippen LogP contribution in [0.4, 0.5) is 0 Å². The van der Waals surface area contributed by atoms with Gasteiger partial charge < -0.3 is 24.6 Å². The van der Waals surface area contributed by atoms with E-state index in [4.69, 9.17) is 14.0 Å². The van der Waals surface area contributed by atoms with Gasteiger partial charge in [-0.25, -0.2) is 0 Å². The summed E-state index contributed by atoms with van der Waals surface area (Å²) >= 11 is 0. The Morgan fingerprint density at radius 1 is 1.15 bits per heavy atom. The van der Waals surface area contributed by atoms with E-state index in [1.54, 1.807) is 14.2 Å². The second-order valence-corrected chi connectivity index (χ2v) is 6.01. The number of aliphatic imine (C=N–C) groups is 1. The molecule has 0 aliphatic rings. The Kier molecular flexibility index (Phi) is 8.64. The Bertz CT molecular complexity index is 706. The average molecular weight is 374 g/mol. The summed E-state index contributed by atoms with van der Waals surface area (Å²) in [4.78, 5) is 4.29. The van der Waals surface area contributed by atoms with Gasteiger partial charge in [0, 0.05) is 39.2 Å². The first-order valence-electron chi connectivity index (χ1n) is 9.33. The van der Waals surface area contributed by atoms with Gasteiger partial charge in [0.25, 0.3) is 0 Å². The molecule has 0 amide bonds. The number of aryl methyl sites for hydroxylation is 2. The first-order valence-corrected chi connectivity index (χ1v) is 9.33. The van der Waals surface area contributed by atoms with Gasteiger partial charge in [0.2, 0.25) is 0 Å². The Morgan fingerprint density at radius 2 is 1.96 bits per heavy atom. The summed E-state index contributed by atoms with van der Waals surface area (Å²) in [5.74, 6) is 2.49. The number of ether oxygens (including phenoxy) is 2. The van der Waals surface area contributed by atoms with Crippen LogP contribution in [0.1, 0.15) is 36.4 Å². The number of nitrogens with one attached hydrogen (secondary N) is 2. The van der Waals surface area contributed by atoms with E-state index in [-0.39, 0.29) is 0 Å². The number of guanidine groups is 1. The van der Waals surface area contributed by atoms with Gasteiger partial charge >= 0.3 is 0 Å². The van der Waals surface area contributed by atoms with E-state index in [0.717, 1.165) is 47.1 Å². The molecular weight excluding hydrogens is 344 g/mol. The fraction of sp³-hybridized carbons (Fsp3) is 0.500. The van der Waals surface area contributed by atoms with Crippen LogP contribution in [-0.2, 0) is 30.7 Å². The smallest absolute Gasteiger partial charge is 0.191 e. The third-order valence-corrected chi connectivity index (χ3v) is 4.18. The molecule has 0 saturated carbocycles. The average Bonchev–Trinajstić information content (AvgIpc) is 3.10. The molecule has 0 saturated heterocycles. The zero-order valence-corrected chi connectivity index (χ0v) is 16.7. The van der Waals surface area contributed by atoms with Crippen molar-refractivity contribution in [2.24, 2.45) is 4.99 Å². The first kappa shape index (κ1) is 20.8. The molecule has 1 heterocycles. The van der Waals surface area contributed by atoms with Crippen LogP contribution < -0.4 is 15.4 Å². The van der Waals surface area contributed by atoms with Gasteiger partial charge in [0.15, 0.2) is 5.96 Å². The van der Waals surface area contributed by atoms with Gasteiger partial charge in [-0.3, -0.25) is 4.99 Å². The largest absolute Gasteiger partial charge is 0.491 e. The molecule has 148 valence electrons. The second kappa shape index (κ2) is 11.2. The molecule has 1 aromatic carbocycles. The van der Waals surface area contributed by atoms with Crippen molar-refractivity contribution in [2.75, 3.05) is 27.4 Å². The number of rotatable bonds is 10. The molecule has 1 aromatic heterocycles. The third-order valence-electron chi connectivity index (χ3n) is 4.18. The number of benzene rings is 1. The highest BCUT2D eigenvalue weighted by atomic mass is 16.5. The lowest BCUT2D eigenvalue weighted by molar-refractivity contribution is 0.146. The summed E-state index contributed by atoms with van der Waals surface area (Å²) < 4.78 is 16.1. The third kappa shape index (κ3) is 6.29. The standard InChI is InChI=1S/C20H30N4O3/c1-5-18-17(19(6-2)27-24-18)14-23-20(21-3)22-13-15-8-7-9-16(12-15)26-11-10-25-4/h7-9,12H,5-6,10-11,13-14H2,1-4H3,(H2,21,22,23). The minimum absolute atomic E-state index is 0.537. The van der Waals surface area contributed by atoms with E-state index < -0.39 is 0 Å². The summed E-state index contributed by atoms with van der Waals surface area (Å²) in [7, 11) is 3.42. The fourth-order valence-electron chi connectivity index (χ4n) is 2.70. The topological polar surface area (TPSA) is 80.9 Å². The van der Waals surface area contributed by atoms with Crippen LogP contribution in [0.5, 0.6) is 5.75 Å². The molecule has 0 radical (unpaired) electrons. The van der Waals surface area contributed by atoms with Crippen LogP contribution in [0.15, 0.2) is 33.8 Å². The molecule has 0 aliphatic heterocycles. The van der Waals surface area contributed by atoms with Crippen LogP contribution in [0.3, 0.4) is 0 Å². The van der Waals surface area contributed by atoms with Gasteiger partial charge in [-0.2, -0.15) is 0 Å². The van der Waals surface area contributed by atoms with Crippen LogP contribution in [0.2, 0.25) is 0 Å². The molecule has 27 heavy (non-hydrogen) atoms. The maximum atomic E-state index is 5.65. The van der Waals surface area contributed by atoms with Gasteiger partial charge in [0.1, 0.15) is 18.1 Å². The lowest BCUT2D eigenvalue weighted by atomic mass is 10.1. The van der Waals surface area contributed by atoms with E-state index in [2.05, 4.69) is 34.6 Å². The van der Waals surface area contributed by atoms with Gasteiger partial charge in [-0.15, -0.1) is 0 Å². The zero-order chi connectivity index (χ0) is 19.5. The normalized spacial score (nSPS) is 11.5. The maximum Gasteiger partial charge on any atom is 0.191 e. The maximum absolute atomic E-state index is 5.65. The first-order chi connectivity index (χ1) is 13.2. The molecule has 0 unspecified atom stereocenters. The Hall–Kier alpha value is -2.54. The molecule has 0 atom stereocenters. The molecule has 0 bridgehead atoms. The summed E-state index contributed by atoms with van der Waals surface area (Å²) in [6.07, 6.45) is 1.67. The summed E-state index contributed by atoms with van der Waals surface area (Å²) in [6.45, 7) is 6.53. The molecule has 2 rings (SSSR count). The lowest BCUT2D eigenvalue weighted by Crippen LogP contribution is -2.36. The highest BCUT2D eigenvalue weighted by molar-refractivity contribution is 5.79. The Morgan fingerprint density at radius 3 is 2.67 bits per heavy atom. The van der Waals surface area contributed by atoms with E-state index >= 15 is 0 Å². The van der Waals surface area contributed by atoms with E-state index in [1.165, 1.54) is 0 Å². The van der Waals surface area contributed by atoms with Crippen molar-refractivity contribution in [3.8, 4) is 5.75 Å². The molecular formula is C20H30N4O3. The number of hydrogen-bond donors (Lipinski definition) is 2. The van der Waals surface area contributed by atoms with Gasteiger partial charge in [0.05, 0.1) is 12.3 Å². The minimum atomic E-state index is 0.537. The number of aromatic nitrogens is 1. The number of methoxy groups -OCH3 is 1. The highest BCUT2D eigenvalue weighted by Gasteiger charge is 2.13. The lowest BCUT2D eigenvalue weighted by Gasteiger charge is -2.13. The number of nitrogens with zero attached hydrogens (tertiary/aromatic N) is 2. The van der Waals surface area contributed by atoms with Crippen molar-refractivity contribution in [3.63, 3.8) is 0 Å². The highest BCUT2D eigenvalue weighted by Crippen LogP contribution is 2.15. The molecule has 2 aromatic rings. The van der Waals surface area contributed by atoms with Crippen molar-refractivity contribution >= 4 is 5.96 Å². The van der Waals surface area contributed by atoms with Crippen molar-refractivity contribution in [1.29, 1.82) is 0 Å². The summed E-state index contributed by atoms with van der Waals surface area (Å²) in [5.41, 5.74) is 3.23. The quantitative estimate of drug-likeness (QED) is 0.378. The molecule has 0 aliphatic carbocycles. The molecule has 0 fully saturated rings. The van der Waals surface area contributed by atoms with E-state index in [9.17, 15) is 0 Å². The van der Waals surface area contributed by atoms with Crippen LogP contribution in [0.25, 0.3) is 0 Å². The molecule has 0 spiro atoms. The van der Waals surface area contributed by atoms with Crippen LogP contribution in [-0.4, -0.2) is 38.5 Å². The van der Waals surface area contributed by atoms with E-state index in [0.29, 0.717) is 26.3 Å².